The van der Waals surface area contributed by atoms with Crippen molar-refractivity contribution in [1.29, 1.82) is 0 Å². The first-order valence-electron chi connectivity index (χ1n) is 5.89. The van der Waals surface area contributed by atoms with E-state index in [2.05, 4.69) is 21.2 Å². The average molecular weight is 335 g/mol. The molecule has 0 aromatic heterocycles. The van der Waals surface area contributed by atoms with Gasteiger partial charge < -0.3 is 5.32 Å². The molecular weight excluding hydrogens is 321 g/mol. The number of hydrogen-bond acceptors (Lipinski definition) is 2. The molecule has 2 nitrogen and oxygen atoms in total. The van der Waals surface area contributed by atoms with E-state index in [1.807, 2.05) is 6.92 Å². The van der Waals surface area contributed by atoms with Crippen LogP contribution >= 0.6 is 27.5 Å². The predicted octanol–water partition coefficient (Wildman–Crippen LogP) is 3.96. The fourth-order valence-corrected chi connectivity index (χ4v) is 2.72. The van der Waals surface area contributed by atoms with Gasteiger partial charge in [0.25, 0.3) is 0 Å². The smallest absolute Gasteiger partial charge is 0.185 e. The number of carbonyl (C=O) groups excluding carboxylic acids is 1. The number of rotatable bonds is 2. The molecule has 1 fully saturated rings. The van der Waals surface area contributed by atoms with Crippen LogP contribution < -0.4 is 5.32 Å². The summed E-state index contributed by atoms with van der Waals surface area (Å²) in [6, 6.07) is 3.08. The van der Waals surface area contributed by atoms with Crippen LogP contribution in [0.25, 0.3) is 0 Å². The molecule has 1 aliphatic heterocycles. The predicted molar refractivity (Wildman–Crippen MR) is 73.7 cm³/mol. The van der Waals surface area contributed by atoms with Crippen LogP contribution in [0.4, 0.5) is 4.39 Å². The minimum absolute atomic E-state index is 0.0414. The number of Topliss-reactive ketones (excluding diaryl/α,β-unsaturated/α-hetero) is 1. The number of benzene rings is 1. The SMILES string of the molecule is CC1(C(=O)c2ccc(Br)c(Cl)c2F)CCCCN1. The highest BCUT2D eigenvalue weighted by Gasteiger charge is 2.36. The summed E-state index contributed by atoms with van der Waals surface area (Å²) in [5.41, 5.74) is -0.629. The summed E-state index contributed by atoms with van der Waals surface area (Å²) < 4.78 is 14.5. The number of nitrogens with one attached hydrogen (secondary N) is 1. The van der Waals surface area contributed by atoms with Gasteiger partial charge in [0.15, 0.2) is 11.6 Å². The van der Waals surface area contributed by atoms with Crippen LogP contribution in [0.1, 0.15) is 36.5 Å². The summed E-state index contributed by atoms with van der Waals surface area (Å²) in [6.07, 6.45) is 2.74. The van der Waals surface area contributed by atoms with Gasteiger partial charge in [0.1, 0.15) is 0 Å². The van der Waals surface area contributed by atoms with Crippen molar-refractivity contribution in [3.05, 3.63) is 33.0 Å². The van der Waals surface area contributed by atoms with Crippen LogP contribution in [0, 0.1) is 5.82 Å². The molecule has 0 spiro atoms. The molecule has 0 amide bonds. The highest BCUT2D eigenvalue weighted by atomic mass is 79.9. The van der Waals surface area contributed by atoms with Gasteiger partial charge in [0, 0.05) is 4.47 Å². The topological polar surface area (TPSA) is 29.1 Å². The van der Waals surface area contributed by atoms with E-state index in [0.717, 1.165) is 25.8 Å². The Morgan fingerprint density at radius 2 is 2.22 bits per heavy atom. The molecule has 1 aromatic rings. The Labute approximate surface area is 119 Å². The molecule has 1 saturated heterocycles. The molecule has 1 unspecified atom stereocenters. The van der Waals surface area contributed by atoms with E-state index in [1.165, 1.54) is 6.07 Å². The van der Waals surface area contributed by atoms with E-state index in [0.29, 0.717) is 4.47 Å². The second-order valence-corrected chi connectivity index (χ2v) is 6.00. The summed E-state index contributed by atoms with van der Waals surface area (Å²) >= 11 is 8.96. The Morgan fingerprint density at radius 3 is 2.83 bits per heavy atom. The third kappa shape index (κ3) is 2.46. The zero-order valence-electron chi connectivity index (χ0n) is 10.0. The van der Waals surface area contributed by atoms with Crippen molar-refractivity contribution in [3.8, 4) is 0 Å². The van der Waals surface area contributed by atoms with E-state index in [9.17, 15) is 9.18 Å². The van der Waals surface area contributed by atoms with Crippen LogP contribution in [0.2, 0.25) is 5.02 Å². The van der Waals surface area contributed by atoms with Crippen molar-refractivity contribution >= 4 is 33.3 Å². The molecule has 1 N–H and O–H groups in total. The molecule has 0 bridgehead atoms. The molecule has 1 aromatic carbocycles. The third-order valence-electron chi connectivity index (χ3n) is 3.40. The molecule has 5 heteroatoms. The summed E-state index contributed by atoms with van der Waals surface area (Å²) in [5, 5.41) is 3.14. The summed E-state index contributed by atoms with van der Waals surface area (Å²) in [4.78, 5) is 12.4. The minimum Gasteiger partial charge on any atom is -0.305 e. The van der Waals surface area contributed by atoms with Crippen molar-refractivity contribution in [1.82, 2.24) is 5.32 Å². The maximum absolute atomic E-state index is 14.0. The Morgan fingerprint density at radius 1 is 1.50 bits per heavy atom. The van der Waals surface area contributed by atoms with E-state index in [1.54, 1.807) is 6.07 Å². The monoisotopic (exact) mass is 333 g/mol. The summed E-state index contributed by atoms with van der Waals surface area (Å²) in [7, 11) is 0. The molecule has 0 radical (unpaired) electrons. The summed E-state index contributed by atoms with van der Waals surface area (Å²) in [5.74, 6) is -0.876. The molecule has 1 atom stereocenters. The number of hydrogen-bond donors (Lipinski definition) is 1. The Hall–Kier alpha value is -0.450. The first kappa shape index (κ1) is 14.0. The van der Waals surface area contributed by atoms with Crippen LogP contribution in [-0.4, -0.2) is 17.9 Å². The van der Waals surface area contributed by atoms with E-state index < -0.39 is 11.4 Å². The van der Waals surface area contributed by atoms with E-state index >= 15 is 0 Å². The largest absolute Gasteiger partial charge is 0.305 e. The van der Waals surface area contributed by atoms with Crippen molar-refractivity contribution in [2.45, 2.75) is 31.7 Å². The number of piperidine rings is 1. The Kier molecular flexibility index (Phi) is 4.09. The number of halogens is 3. The lowest BCUT2D eigenvalue weighted by molar-refractivity contribution is 0.0830. The summed E-state index contributed by atoms with van der Waals surface area (Å²) in [6.45, 7) is 2.61. The molecule has 2 rings (SSSR count). The van der Waals surface area contributed by atoms with E-state index in [-0.39, 0.29) is 16.4 Å². The third-order valence-corrected chi connectivity index (χ3v) is 4.66. The average Bonchev–Trinajstić information content (AvgIpc) is 2.36. The van der Waals surface area contributed by atoms with Crippen LogP contribution in [0.5, 0.6) is 0 Å². The molecule has 18 heavy (non-hydrogen) atoms. The van der Waals surface area contributed by atoms with Gasteiger partial charge in [-0.15, -0.1) is 0 Å². The lowest BCUT2D eigenvalue weighted by atomic mass is 9.83. The van der Waals surface area contributed by atoms with Gasteiger partial charge in [-0.05, 0) is 60.8 Å². The Balaban J connectivity index is 2.37. The Bertz CT molecular complexity index is 486. The molecular formula is C13H14BrClFNO. The standard InChI is InChI=1S/C13H14BrClFNO/c1-13(6-2-3-7-17-13)12(18)8-4-5-9(14)10(15)11(8)16/h4-5,17H,2-3,6-7H2,1H3. The molecule has 0 aliphatic carbocycles. The van der Waals surface area contributed by atoms with Gasteiger partial charge in [-0.2, -0.15) is 0 Å². The minimum atomic E-state index is -0.684. The van der Waals surface area contributed by atoms with Crippen LogP contribution in [-0.2, 0) is 0 Å². The van der Waals surface area contributed by atoms with Crippen molar-refractivity contribution < 1.29 is 9.18 Å². The number of carbonyl (C=O) groups is 1. The highest BCUT2D eigenvalue weighted by molar-refractivity contribution is 9.10. The van der Waals surface area contributed by atoms with Crippen LogP contribution in [0.3, 0.4) is 0 Å². The van der Waals surface area contributed by atoms with Crippen molar-refractivity contribution in [3.63, 3.8) is 0 Å². The molecule has 1 aliphatic rings. The van der Waals surface area contributed by atoms with Gasteiger partial charge >= 0.3 is 0 Å². The maximum atomic E-state index is 14.0. The molecule has 0 saturated carbocycles. The lowest BCUT2D eigenvalue weighted by Crippen LogP contribution is -2.52. The fraction of sp³-hybridized carbons (Fsp3) is 0.462. The zero-order valence-corrected chi connectivity index (χ0v) is 12.4. The lowest BCUT2D eigenvalue weighted by Gasteiger charge is -2.33. The van der Waals surface area contributed by atoms with Crippen molar-refractivity contribution in [2.24, 2.45) is 0 Å². The zero-order chi connectivity index (χ0) is 13.3. The first-order valence-corrected chi connectivity index (χ1v) is 7.06. The van der Waals surface area contributed by atoms with Gasteiger partial charge in [0.2, 0.25) is 0 Å². The maximum Gasteiger partial charge on any atom is 0.185 e. The molecule has 1 heterocycles. The fourth-order valence-electron chi connectivity index (χ4n) is 2.25. The van der Waals surface area contributed by atoms with Gasteiger partial charge in [-0.1, -0.05) is 11.6 Å². The van der Waals surface area contributed by atoms with Crippen molar-refractivity contribution in [2.75, 3.05) is 6.54 Å². The van der Waals surface area contributed by atoms with E-state index in [4.69, 9.17) is 11.6 Å². The van der Waals surface area contributed by atoms with Gasteiger partial charge in [0.05, 0.1) is 16.1 Å². The normalized spacial score (nSPS) is 24.0. The van der Waals surface area contributed by atoms with Crippen LogP contribution in [0.15, 0.2) is 16.6 Å². The molecule has 98 valence electrons. The quantitative estimate of drug-likeness (QED) is 0.655. The number of ketones is 1. The first-order chi connectivity index (χ1) is 8.46. The van der Waals surface area contributed by atoms with Gasteiger partial charge in [-0.25, -0.2) is 4.39 Å². The second kappa shape index (κ2) is 5.27. The second-order valence-electron chi connectivity index (χ2n) is 4.77. The van der Waals surface area contributed by atoms with Gasteiger partial charge in [-0.3, -0.25) is 4.79 Å². The highest BCUT2D eigenvalue weighted by Crippen LogP contribution is 2.31.